The highest BCUT2D eigenvalue weighted by molar-refractivity contribution is 5.78. The molecule has 1 aliphatic rings. The van der Waals surface area contributed by atoms with Crippen molar-refractivity contribution in [2.24, 2.45) is 0 Å². The number of nitrogens with one attached hydrogen (secondary N) is 2. The van der Waals surface area contributed by atoms with Crippen LogP contribution in [0.1, 0.15) is 40.5 Å². The van der Waals surface area contributed by atoms with Crippen LogP contribution < -0.4 is 10.6 Å². The van der Waals surface area contributed by atoms with E-state index in [2.05, 4.69) is 22.5 Å². The zero-order valence-electron chi connectivity index (χ0n) is 11.7. The van der Waals surface area contributed by atoms with Crippen LogP contribution in [0.2, 0.25) is 0 Å². The second kappa shape index (κ2) is 6.36. The van der Waals surface area contributed by atoms with Crippen LogP contribution >= 0.6 is 0 Å². The van der Waals surface area contributed by atoms with Crippen LogP contribution in [0.15, 0.2) is 0 Å². The molecule has 1 saturated heterocycles. The molecule has 0 saturated carbocycles. The third-order valence-corrected chi connectivity index (χ3v) is 3.09. The Morgan fingerprint density at radius 1 is 1.41 bits per heavy atom. The van der Waals surface area contributed by atoms with E-state index >= 15 is 0 Å². The number of carbonyl (C=O) groups excluding carboxylic acids is 1. The molecule has 4 heteroatoms. The Labute approximate surface area is 105 Å². The van der Waals surface area contributed by atoms with Crippen molar-refractivity contribution in [1.29, 1.82) is 0 Å². The molecule has 0 aromatic carbocycles. The maximum atomic E-state index is 11.6. The number of amides is 1. The van der Waals surface area contributed by atoms with E-state index in [9.17, 15) is 4.79 Å². The van der Waals surface area contributed by atoms with Gasteiger partial charge in [-0.25, -0.2) is 0 Å². The highest BCUT2D eigenvalue weighted by Gasteiger charge is 2.22. The molecule has 0 spiro atoms. The molecule has 1 fully saturated rings. The number of hydrogen-bond acceptors (Lipinski definition) is 3. The van der Waals surface area contributed by atoms with Crippen LogP contribution in [0.4, 0.5) is 0 Å². The monoisotopic (exact) mass is 241 g/mol. The fourth-order valence-corrected chi connectivity index (χ4v) is 2.36. The molecule has 0 aromatic heterocycles. The number of hydrogen-bond donors (Lipinski definition) is 2. The van der Waals surface area contributed by atoms with Gasteiger partial charge in [-0.05, 0) is 46.7 Å². The second-order valence-electron chi connectivity index (χ2n) is 5.85. The van der Waals surface area contributed by atoms with E-state index in [1.807, 2.05) is 20.8 Å². The summed E-state index contributed by atoms with van der Waals surface area (Å²) in [6.07, 6.45) is 2.54. The normalized spacial score (nSPS) is 21.8. The maximum Gasteiger partial charge on any atom is 0.234 e. The zero-order valence-corrected chi connectivity index (χ0v) is 11.7. The van der Waals surface area contributed by atoms with E-state index in [0.29, 0.717) is 12.6 Å². The third-order valence-electron chi connectivity index (χ3n) is 3.09. The molecule has 1 unspecified atom stereocenters. The van der Waals surface area contributed by atoms with Crippen LogP contribution in [0.3, 0.4) is 0 Å². The molecule has 1 heterocycles. The van der Waals surface area contributed by atoms with Crippen molar-refractivity contribution in [3.05, 3.63) is 0 Å². The molecule has 100 valence electrons. The zero-order chi connectivity index (χ0) is 12.9. The molecule has 17 heavy (non-hydrogen) atoms. The van der Waals surface area contributed by atoms with Crippen LogP contribution in [0.25, 0.3) is 0 Å². The average Bonchev–Trinajstić information content (AvgIpc) is 2.62. The van der Waals surface area contributed by atoms with Gasteiger partial charge in [-0.3, -0.25) is 9.69 Å². The quantitative estimate of drug-likeness (QED) is 0.754. The first kappa shape index (κ1) is 14.5. The number of likely N-dealkylation sites (tertiary alicyclic amines) is 1. The first-order chi connectivity index (χ1) is 7.92. The third kappa shape index (κ3) is 5.50. The summed E-state index contributed by atoms with van der Waals surface area (Å²) in [5.41, 5.74) is -0.137. The summed E-state index contributed by atoms with van der Waals surface area (Å²) < 4.78 is 0. The highest BCUT2D eigenvalue weighted by atomic mass is 16.2. The predicted molar refractivity (Wildman–Crippen MR) is 71.0 cm³/mol. The Morgan fingerprint density at radius 3 is 2.71 bits per heavy atom. The molecule has 1 atom stereocenters. The van der Waals surface area contributed by atoms with E-state index in [1.165, 1.54) is 19.4 Å². The van der Waals surface area contributed by atoms with Crippen molar-refractivity contribution in [1.82, 2.24) is 15.5 Å². The predicted octanol–water partition coefficient (Wildman–Crippen LogP) is 0.975. The molecule has 0 aromatic rings. The highest BCUT2D eigenvalue weighted by Crippen LogP contribution is 2.15. The summed E-state index contributed by atoms with van der Waals surface area (Å²) in [5, 5.41) is 6.21. The largest absolute Gasteiger partial charge is 0.350 e. The van der Waals surface area contributed by atoms with Crippen molar-refractivity contribution >= 4 is 5.91 Å². The van der Waals surface area contributed by atoms with Gasteiger partial charge in [0.05, 0.1) is 6.54 Å². The Kier molecular flexibility index (Phi) is 5.40. The summed E-state index contributed by atoms with van der Waals surface area (Å²) in [5.74, 6) is 0.0820. The van der Waals surface area contributed by atoms with Gasteiger partial charge in [0.15, 0.2) is 0 Å². The van der Waals surface area contributed by atoms with Crippen LogP contribution in [-0.4, -0.2) is 48.6 Å². The molecule has 1 aliphatic heterocycles. The van der Waals surface area contributed by atoms with Gasteiger partial charge in [0.1, 0.15) is 0 Å². The Bertz CT molecular complexity index is 248. The Hall–Kier alpha value is -0.610. The van der Waals surface area contributed by atoms with Crippen LogP contribution in [0, 0.1) is 0 Å². The van der Waals surface area contributed by atoms with E-state index in [0.717, 1.165) is 13.1 Å². The molecule has 4 nitrogen and oxygen atoms in total. The number of carbonyl (C=O) groups is 1. The van der Waals surface area contributed by atoms with Gasteiger partial charge in [-0.1, -0.05) is 6.92 Å². The van der Waals surface area contributed by atoms with E-state index in [1.54, 1.807) is 0 Å². The fraction of sp³-hybridized carbons (Fsp3) is 0.923. The van der Waals surface area contributed by atoms with Crippen LogP contribution in [0.5, 0.6) is 0 Å². The minimum absolute atomic E-state index is 0.0820. The van der Waals surface area contributed by atoms with Gasteiger partial charge in [0.2, 0.25) is 5.91 Å². The molecule has 0 aliphatic carbocycles. The molecule has 0 bridgehead atoms. The van der Waals surface area contributed by atoms with Crippen LogP contribution in [-0.2, 0) is 4.79 Å². The van der Waals surface area contributed by atoms with Crippen molar-refractivity contribution in [3.63, 3.8) is 0 Å². The van der Waals surface area contributed by atoms with Crippen molar-refractivity contribution < 1.29 is 4.79 Å². The summed E-state index contributed by atoms with van der Waals surface area (Å²) in [6, 6.07) is 0.613. The molecule has 1 rings (SSSR count). The molecule has 1 amide bonds. The lowest BCUT2D eigenvalue weighted by Gasteiger charge is -2.24. The van der Waals surface area contributed by atoms with Crippen molar-refractivity contribution in [2.75, 3.05) is 26.2 Å². The maximum absolute atomic E-state index is 11.6. The smallest absolute Gasteiger partial charge is 0.234 e. The average molecular weight is 241 g/mol. The molecule has 0 radical (unpaired) electrons. The first-order valence-corrected chi connectivity index (χ1v) is 6.68. The summed E-state index contributed by atoms with van der Waals surface area (Å²) in [4.78, 5) is 14.1. The Morgan fingerprint density at radius 2 is 2.12 bits per heavy atom. The van der Waals surface area contributed by atoms with E-state index in [-0.39, 0.29) is 11.4 Å². The minimum atomic E-state index is -0.137. The summed E-state index contributed by atoms with van der Waals surface area (Å²) in [7, 11) is 0. The number of likely N-dealkylation sites (N-methyl/N-ethyl adjacent to an activating group) is 1. The lowest BCUT2D eigenvalue weighted by molar-refractivity contribution is -0.121. The standard InChI is InChI=1S/C13H27N3O/c1-5-16-8-6-7-11(16)9-14-10-12(17)15-13(2,3)4/h11,14H,5-10H2,1-4H3,(H,15,17). The van der Waals surface area contributed by atoms with Gasteiger partial charge in [0.25, 0.3) is 0 Å². The summed E-state index contributed by atoms with van der Waals surface area (Å²) in [6.45, 7) is 11.9. The second-order valence-corrected chi connectivity index (χ2v) is 5.85. The fourth-order valence-electron chi connectivity index (χ4n) is 2.36. The lowest BCUT2D eigenvalue weighted by Crippen LogP contribution is -2.46. The summed E-state index contributed by atoms with van der Waals surface area (Å²) >= 11 is 0. The lowest BCUT2D eigenvalue weighted by atomic mass is 10.1. The SMILES string of the molecule is CCN1CCCC1CNCC(=O)NC(C)(C)C. The number of nitrogens with zero attached hydrogens (tertiary/aromatic N) is 1. The minimum Gasteiger partial charge on any atom is -0.350 e. The van der Waals surface area contributed by atoms with E-state index in [4.69, 9.17) is 0 Å². The van der Waals surface area contributed by atoms with Crippen molar-refractivity contribution in [2.45, 2.75) is 52.1 Å². The van der Waals surface area contributed by atoms with E-state index < -0.39 is 0 Å². The van der Waals surface area contributed by atoms with Gasteiger partial charge in [0, 0.05) is 18.1 Å². The first-order valence-electron chi connectivity index (χ1n) is 6.68. The number of rotatable bonds is 5. The van der Waals surface area contributed by atoms with Gasteiger partial charge in [-0.15, -0.1) is 0 Å². The molecule has 2 N–H and O–H groups in total. The Balaban J connectivity index is 2.17. The van der Waals surface area contributed by atoms with Gasteiger partial charge < -0.3 is 10.6 Å². The van der Waals surface area contributed by atoms with Gasteiger partial charge in [-0.2, -0.15) is 0 Å². The molecular weight excluding hydrogens is 214 g/mol. The topological polar surface area (TPSA) is 44.4 Å². The molecular formula is C13H27N3O. The van der Waals surface area contributed by atoms with Gasteiger partial charge >= 0.3 is 0 Å². The van der Waals surface area contributed by atoms with Crippen molar-refractivity contribution in [3.8, 4) is 0 Å².